The highest BCUT2D eigenvalue weighted by molar-refractivity contribution is 5.78. The molecule has 1 saturated carbocycles. The Kier molecular flexibility index (Phi) is 3.40. The first kappa shape index (κ1) is 9.97. The van der Waals surface area contributed by atoms with Crippen LogP contribution in [0.2, 0.25) is 0 Å². The van der Waals surface area contributed by atoms with E-state index >= 15 is 0 Å². The highest BCUT2D eigenvalue weighted by atomic mass is 16.2. The quantitative estimate of drug-likeness (QED) is 0.734. The van der Waals surface area contributed by atoms with Gasteiger partial charge in [0.15, 0.2) is 0 Å². The molecule has 1 heterocycles. The standard InChI is InChI=1S/C11H20N2O/c14-11(13-7-3-4-8-13)9-12-10-5-1-2-6-10/h10,12H,1-9H2. The van der Waals surface area contributed by atoms with Crippen molar-refractivity contribution in [1.29, 1.82) is 0 Å². The molecule has 1 saturated heterocycles. The third-order valence-corrected chi connectivity index (χ3v) is 3.36. The summed E-state index contributed by atoms with van der Waals surface area (Å²) in [6.45, 7) is 2.51. The summed E-state index contributed by atoms with van der Waals surface area (Å²) in [5.41, 5.74) is 0. The van der Waals surface area contributed by atoms with E-state index in [0.29, 0.717) is 18.5 Å². The van der Waals surface area contributed by atoms with Crippen LogP contribution in [0, 0.1) is 0 Å². The van der Waals surface area contributed by atoms with E-state index in [4.69, 9.17) is 0 Å². The molecular formula is C11H20N2O. The number of hydrogen-bond donors (Lipinski definition) is 1. The molecule has 1 aliphatic carbocycles. The van der Waals surface area contributed by atoms with Crippen LogP contribution in [0.3, 0.4) is 0 Å². The van der Waals surface area contributed by atoms with Gasteiger partial charge in [-0.25, -0.2) is 0 Å². The van der Waals surface area contributed by atoms with Gasteiger partial charge in [0.05, 0.1) is 6.54 Å². The van der Waals surface area contributed by atoms with Crippen LogP contribution in [0.1, 0.15) is 38.5 Å². The Hall–Kier alpha value is -0.570. The summed E-state index contributed by atoms with van der Waals surface area (Å²) in [5.74, 6) is 0.300. The average molecular weight is 196 g/mol. The third-order valence-electron chi connectivity index (χ3n) is 3.36. The van der Waals surface area contributed by atoms with Crippen LogP contribution in [-0.2, 0) is 4.79 Å². The Labute approximate surface area is 85.8 Å². The summed E-state index contributed by atoms with van der Waals surface area (Å²) in [5, 5.41) is 3.37. The fraction of sp³-hybridized carbons (Fsp3) is 0.909. The summed E-state index contributed by atoms with van der Waals surface area (Å²) in [4.78, 5) is 13.7. The first-order valence-electron chi connectivity index (χ1n) is 5.87. The number of amides is 1. The first-order chi connectivity index (χ1) is 6.86. The summed E-state index contributed by atoms with van der Waals surface area (Å²) in [6, 6.07) is 0.613. The minimum Gasteiger partial charge on any atom is -0.342 e. The summed E-state index contributed by atoms with van der Waals surface area (Å²) in [7, 11) is 0. The van der Waals surface area contributed by atoms with Gasteiger partial charge in [-0.05, 0) is 25.7 Å². The van der Waals surface area contributed by atoms with Crippen LogP contribution in [-0.4, -0.2) is 36.5 Å². The lowest BCUT2D eigenvalue weighted by Gasteiger charge is -2.17. The highest BCUT2D eigenvalue weighted by Crippen LogP contribution is 2.17. The van der Waals surface area contributed by atoms with E-state index in [2.05, 4.69) is 5.32 Å². The molecule has 3 nitrogen and oxygen atoms in total. The Morgan fingerprint density at radius 2 is 1.79 bits per heavy atom. The lowest BCUT2D eigenvalue weighted by atomic mass is 10.2. The maximum absolute atomic E-state index is 11.7. The molecule has 0 spiro atoms. The number of carbonyl (C=O) groups is 1. The molecule has 1 aliphatic heterocycles. The molecule has 0 radical (unpaired) electrons. The van der Waals surface area contributed by atoms with Gasteiger partial charge in [-0.1, -0.05) is 12.8 Å². The molecule has 0 bridgehead atoms. The topological polar surface area (TPSA) is 32.3 Å². The maximum Gasteiger partial charge on any atom is 0.236 e. The Morgan fingerprint density at radius 3 is 2.43 bits per heavy atom. The monoisotopic (exact) mass is 196 g/mol. The molecule has 0 atom stereocenters. The number of carbonyl (C=O) groups excluding carboxylic acids is 1. The maximum atomic E-state index is 11.7. The molecule has 3 heteroatoms. The molecule has 80 valence electrons. The summed E-state index contributed by atoms with van der Waals surface area (Å²) >= 11 is 0. The van der Waals surface area contributed by atoms with Crippen LogP contribution >= 0.6 is 0 Å². The van der Waals surface area contributed by atoms with Gasteiger partial charge in [0.2, 0.25) is 5.91 Å². The van der Waals surface area contributed by atoms with Crippen molar-refractivity contribution >= 4 is 5.91 Å². The number of hydrogen-bond acceptors (Lipinski definition) is 2. The largest absolute Gasteiger partial charge is 0.342 e. The average Bonchev–Trinajstić information content (AvgIpc) is 2.87. The molecule has 2 rings (SSSR count). The third kappa shape index (κ3) is 2.47. The molecule has 2 fully saturated rings. The van der Waals surface area contributed by atoms with E-state index in [1.165, 1.54) is 38.5 Å². The van der Waals surface area contributed by atoms with Crippen molar-refractivity contribution in [2.75, 3.05) is 19.6 Å². The fourth-order valence-electron chi connectivity index (χ4n) is 2.44. The second kappa shape index (κ2) is 4.78. The molecule has 0 unspecified atom stereocenters. The summed E-state index contributed by atoms with van der Waals surface area (Å²) in [6.07, 6.45) is 7.55. The van der Waals surface area contributed by atoms with Crippen LogP contribution in [0.25, 0.3) is 0 Å². The number of likely N-dealkylation sites (tertiary alicyclic amines) is 1. The van der Waals surface area contributed by atoms with Gasteiger partial charge < -0.3 is 10.2 Å². The molecule has 0 aromatic rings. The molecule has 2 aliphatic rings. The SMILES string of the molecule is O=C(CNC1CCCC1)N1CCCC1. The minimum absolute atomic E-state index is 0.300. The van der Waals surface area contributed by atoms with Crippen molar-refractivity contribution < 1.29 is 4.79 Å². The van der Waals surface area contributed by atoms with E-state index in [9.17, 15) is 4.79 Å². The van der Waals surface area contributed by atoms with E-state index in [1.54, 1.807) is 0 Å². The van der Waals surface area contributed by atoms with Gasteiger partial charge in [-0.2, -0.15) is 0 Å². The van der Waals surface area contributed by atoms with Gasteiger partial charge in [-0.15, -0.1) is 0 Å². The molecule has 1 amide bonds. The van der Waals surface area contributed by atoms with E-state index in [-0.39, 0.29) is 0 Å². The molecule has 14 heavy (non-hydrogen) atoms. The number of nitrogens with one attached hydrogen (secondary N) is 1. The Balaban J connectivity index is 1.66. The number of nitrogens with zero attached hydrogens (tertiary/aromatic N) is 1. The fourth-order valence-corrected chi connectivity index (χ4v) is 2.44. The van der Waals surface area contributed by atoms with Crippen molar-refractivity contribution in [2.45, 2.75) is 44.6 Å². The highest BCUT2D eigenvalue weighted by Gasteiger charge is 2.20. The Bertz CT molecular complexity index is 193. The van der Waals surface area contributed by atoms with E-state index in [1.807, 2.05) is 4.90 Å². The molecule has 0 aromatic carbocycles. The molecule has 1 N–H and O–H groups in total. The van der Waals surface area contributed by atoms with Crippen LogP contribution < -0.4 is 5.32 Å². The summed E-state index contributed by atoms with van der Waals surface area (Å²) < 4.78 is 0. The van der Waals surface area contributed by atoms with E-state index < -0.39 is 0 Å². The zero-order chi connectivity index (χ0) is 9.80. The van der Waals surface area contributed by atoms with Gasteiger partial charge in [0.25, 0.3) is 0 Å². The zero-order valence-corrected chi connectivity index (χ0v) is 8.80. The smallest absolute Gasteiger partial charge is 0.236 e. The predicted molar refractivity (Wildman–Crippen MR) is 56.1 cm³/mol. The van der Waals surface area contributed by atoms with Crippen molar-refractivity contribution in [1.82, 2.24) is 10.2 Å². The van der Waals surface area contributed by atoms with Gasteiger partial charge in [0, 0.05) is 19.1 Å². The van der Waals surface area contributed by atoms with Gasteiger partial charge >= 0.3 is 0 Å². The second-order valence-electron chi connectivity index (χ2n) is 4.45. The van der Waals surface area contributed by atoms with Crippen LogP contribution in [0.15, 0.2) is 0 Å². The van der Waals surface area contributed by atoms with Crippen LogP contribution in [0.4, 0.5) is 0 Å². The second-order valence-corrected chi connectivity index (χ2v) is 4.45. The zero-order valence-electron chi connectivity index (χ0n) is 8.80. The van der Waals surface area contributed by atoms with Crippen molar-refractivity contribution in [2.24, 2.45) is 0 Å². The van der Waals surface area contributed by atoms with Gasteiger partial charge in [0.1, 0.15) is 0 Å². The normalized spacial score (nSPS) is 23.3. The van der Waals surface area contributed by atoms with Crippen molar-refractivity contribution in [3.05, 3.63) is 0 Å². The lowest BCUT2D eigenvalue weighted by molar-refractivity contribution is -0.129. The molecular weight excluding hydrogens is 176 g/mol. The first-order valence-corrected chi connectivity index (χ1v) is 5.87. The lowest BCUT2D eigenvalue weighted by Crippen LogP contribution is -2.39. The van der Waals surface area contributed by atoms with Crippen molar-refractivity contribution in [3.8, 4) is 0 Å². The molecule has 0 aromatic heterocycles. The predicted octanol–water partition coefficient (Wildman–Crippen LogP) is 1.14. The van der Waals surface area contributed by atoms with Crippen molar-refractivity contribution in [3.63, 3.8) is 0 Å². The Morgan fingerprint density at radius 1 is 1.14 bits per heavy atom. The number of rotatable bonds is 3. The van der Waals surface area contributed by atoms with E-state index in [0.717, 1.165) is 13.1 Å². The van der Waals surface area contributed by atoms with Crippen LogP contribution in [0.5, 0.6) is 0 Å². The minimum atomic E-state index is 0.300. The van der Waals surface area contributed by atoms with Gasteiger partial charge in [-0.3, -0.25) is 4.79 Å².